The molecule has 0 saturated carbocycles. The van der Waals surface area contributed by atoms with Gasteiger partial charge >= 0.3 is 0 Å². The van der Waals surface area contributed by atoms with Gasteiger partial charge in [-0.3, -0.25) is 0 Å². The van der Waals surface area contributed by atoms with Crippen molar-refractivity contribution in [2.75, 3.05) is 0 Å². The Balaban J connectivity index is 2.01. The highest BCUT2D eigenvalue weighted by Crippen LogP contribution is 2.28. The van der Waals surface area contributed by atoms with E-state index < -0.39 is 14.8 Å². The van der Waals surface area contributed by atoms with Crippen LogP contribution in [0.5, 0.6) is 0 Å². The second-order valence-electron chi connectivity index (χ2n) is 6.04. The summed E-state index contributed by atoms with van der Waals surface area (Å²) in [5.41, 5.74) is 0. The first-order valence-electron chi connectivity index (χ1n) is 6.06. The van der Waals surface area contributed by atoms with Gasteiger partial charge in [-0.05, 0) is 46.5 Å². The summed E-state index contributed by atoms with van der Waals surface area (Å²) in [7, 11) is -3.19. The van der Waals surface area contributed by atoms with Gasteiger partial charge < -0.3 is 5.32 Å². The van der Waals surface area contributed by atoms with Crippen LogP contribution in [-0.2, 0) is 10.0 Å². The molecular formula is C11H22N2O2S. The third kappa shape index (κ3) is 2.41. The zero-order valence-electron chi connectivity index (χ0n) is 10.3. The second kappa shape index (κ2) is 3.96. The lowest BCUT2D eigenvalue weighted by atomic mass is 10.0. The molecule has 2 unspecified atom stereocenters. The van der Waals surface area contributed by atoms with Gasteiger partial charge in [0.25, 0.3) is 0 Å². The molecule has 5 heteroatoms. The molecule has 2 N–H and O–H groups in total. The number of hydrogen-bond acceptors (Lipinski definition) is 3. The van der Waals surface area contributed by atoms with Crippen LogP contribution in [0.1, 0.15) is 46.5 Å². The standard InChI is InChI=1S/C11H22N2O2S/c1-11(2,3)16(14,15)13-10-6-8-4-5-9(7-10)12-8/h8-10,12-13H,4-7H2,1-3H3. The second-order valence-corrected chi connectivity index (χ2v) is 8.51. The maximum absolute atomic E-state index is 12.0. The Labute approximate surface area is 98.2 Å². The monoisotopic (exact) mass is 246 g/mol. The van der Waals surface area contributed by atoms with Gasteiger partial charge in [0, 0.05) is 18.1 Å². The zero-order valence-corrected chi connectivity index (χ0v) is 11.1. The molecule has 0 aromatic carbocycles. The average Bonchev–Trinajstić information content (AvgIpc) is 2.43. The lowest BCUT2D eigenvalue weighted by molar-refractivity contribution is 0.343. The molecule has 2 aliphatic heterocycles. The van der Waals surface area contributed by atoms with Crippen molar-refractivity contribution in [3.8, 4) is 0 Å². The van der Waals surface area contributed by atoms with Crippen molar-refractivity contribution in [1.82, 2.24) is 10.0 Å². The fraction of sp³-hybridized carbons (Fsp3) is 1.00. The molecule has 2 saturated heterocycles. The normalized spacial score (nSPS) is 35.3. The highest BCUT2D eigenvalue weighted by atomic mass is 32.2. The Morgan fingerprint density at radius 3 is 2.06 bits per heavy atom. The van der Waals surface area contributed by atoms with Crippen molar-refractivity contribution in [3.63, 3.8) is 0 Å². The van der Waals surface area contributed by atoms with Crippen molar-refractivity contribution in [2.45, 2.75) is 69.3 Å². The van der Waals surface area contributed by atoms with Crippen molar-refractivity contribution in [2.24, 2.45) is 0 Å². The van der Waals surface area contributed by atoms with Gasteiger partial charge in [-0.1, -0.05) is 0 Å². The van der Waals surface area contributed by atoms with E-state index in [1.165, 1.54) is 12.8 Å². The Hall–Kier alpha value is -0.130. The smallest absolute Gasteiger partial charge is 0.216 e. The van der Waals surface area contributed by atoms with Crippen LogP contribution >= 0.6 is 0 Å². The molecule has 4 nitrogen and oxygen atoms in total. The van der Waals surface area contributed by atoms with Gasteiger partial charge in [0.15, 0.2) is 0 Å². The minimum Gasteiger partial charge on any atom is -0.311 e. The van der Waals surface area contributed by atoms with Gasteiger partial charge in [0.05, 0.1) is 4.75 Å². The van der Waals surface area contributed by atoms with E-state index in [2.05, 4.69) is 10.0 Å². The first-order chi connectivity index (χ1) is 7.28. The predicted octanol–water partition coefficient (Wildman–Crippen LogP) is 0.987. The van der Waals surface area contributed by atoms with E-state index in [1.54, 1.807) is 20.8 Å². The molecule has 16 heavy (non-hydrogen) atoms. The van der Waals surface area contributed by atoms with E-state index in [9.17, 15) is 8.42 Å². The van der Waals surface area contributed by atoms with Gasteiger partial charge in [-0.2, -0.15) is 0 Å². The maximum Gasteiger partial charge on any atom is 0.216 e. The lowest BCUT2D eigenvalue weighted by Crippen LogP contribution is -2.51. The van der Waals surface area contributed by atoms with Gasteiger partial charge in [-0.15, -0.1) is 0 Å². The molecule has 0 radical (unpaired) electrons. The minimum absolute atomic E-state index is 0.128. The molecule has 2 rings (SSSR count). The molecule has 94 valence electrons. The van der Waals surface area contributed by atoms with E-state index >= 15 is 0 Å². The average molecular weight is 246 g/mol. The SMILES string of the molecule is CC(C)(C)S(=O)(=O)NC1CC2CCC(C1)N2. The summed E-state index contributed by atoms with van der Waals surface area (Å²) in [5.74, 6) is 0. The summed E-state index contributed by atoms with van der Waals surface area (Å²) in [6.45, 7) is 5.22. The van der Waals surface area contributed by atoms with Crippen LogP contribution in [0.15, 0.2) is 0 Å². The molecule has 0 aromatic heterocycles. The summed E-state index contributed by atoms with van der Waals surface area (Å²) in [4.78, 5) is 0. The Kier molecular flexibility index (Phi) is 3.05. The Bertz CT molecular complexity index is 347. The van der Waals surface area contributed by atoms with Crippen LogP contribution in [0, 0.1) is 0 Å². The summed E-state index contributed by atoms with van der Waals surface area (Å²) in [6, 6.07) is 1.17. The number of fused-ring (bicyclic) bond motifs is 2. The third-order valence-electron chi connectivity index (χ3n) is 3.60. The summed E-state index contributed by atoms with van der Waals surface area (Å²) >= 11 is 0. The zero-order chi connectivity index (χ0) is 12.0. The highest BCUT2D eigenvalue weighted by molar-refractivity contribution is 7.90. The molecular weight excluding hydrogens is 224 g/mol. The number of nitrogens with one attached hydrogen (secondary N) is 2. The first kappa shape index (κ1) is 12.3. The van der Waals surface area contributed by atoms with E-state index in [1.807, 2.05) is 0 Å². The van der Waals surface area contributed by atoms with Crippen LogP contribution in [0.3, 0.4) is 0 Å². The van der Waals surface area contributed by atoms with Crippen molar-refractivity contribution in [1.29, 1.82) is 0 Å². The van der Waals surface area contributed by atoms with Crippen molar-refractivity contribution < 1.29 is 8.42 Å². The first-order valence-corrected chi connectivity index (χ1v) is 7.54. The number of sulfonamides is 1. The number of piperidine rings is 1. The minimum atomic E-state index is -3.19. The van der Waals surface area contributed by atoms with E-state index in [4.69, 9.17) is 0 Å². The molecule has 2 aliphatic rings. The fourth-order valence-electron chi connectivity index (χ4n) is 2.55. The van der Waals surface area contributed by atoms with E-state index in [-0.39, 0.29) is 6.04 Å². The van der Waals surface area contributed by atoms with Crippen LogP contribution in [0.4, 0.5) is 0 Å². The molecule has 0 spiro atoms. The lowest BCUT2D eigenvalue weighted by Gasteiger charge is -2.31. The van der Waals surface area contributed by atoms with Gasteiger partial charge in [0.1, 0.15) is 0 Å². The molecule has 0 aliphatic carbocycles. The van der Waals surface area contributed by atoms with Crippen LogP contribution < -0.4 is 10.0 Å². The van der Waals surface area contributed by atoms with Crippen LogP contribution in [0.25, 0.3) is 0 Å². The Morgan fingerprint density at radius 1 is 1.12 bits per heavy atom. The fourth-order valence-corrected chi connectivity index (χ4v) is 3.53. The maximum atomic E-state index is 12.0. The quantitative estimate of drug-likeness (QED) is 0.764. The van der Waals surface area contributed by atoms with E-state index in [0.717, 1.165) is 12.8 Å². The molecule has 2 bridgehead atoms. The third-order valence-corrected chi connectivity index (χ3v) is 5.86. The molecule has 2 fully saturated rings. The molecule has 2 atom stereocenters. The molecule has 2 heterocycles. The number of hydrogen-bond donors (Lipinski definition) is 2. The van der Waals surface area contributed by atoms with E-state index in [0.29, 0.717) is 12.1 Å². The molecule has 0 amide bonds. The number of rotatable bonds is 2. The Morgan fingerprint density at radius 2 is 1.62 bits per heavy atom. The van der Waals surface area contributed by atoms with Crippen LogP contribution in [0.2, 0.25) is 0 Å². The molecule has 0 aromatic rings. The van der Waals surface area contributed by atoms with Crippen LogP contribution in [-0.4, -0.2) is 31.3 Å². The summed E-state index contributed by atoms with van der Waals surface area (Å²) in [5, 5.41) is 3.51. The topological polar surface area (TPSA) is 58.2 Å². The highest BCUT2D eigenvalue weighted by Gasteiger charge is 2.37. The van der Waals surface area contributed by atoms with Crippen molar-refractivity contribution >= 4 is 10.0 Å². The van der Waals surface area contributed by atoms with Gasteiger partial charge in [0.2, 0.25) is 10.0 Å². The van der Waals surface area contributed by atoms with Gasteiger partial charge in [-0.25, -0.2) is 13.1 Å². The predicted molar refractivity (Wildman–Crippen MR) is 64.8 cm³/mol. The largest absolute Gasteiger partial charge is 0.311 e. The summed E-state index contributed by atoms with van der Waals surface area (Å²) in [6.07, 6.45) is 4.26. The summed E-state index contributed by atoms with van der Waals surface area (Å²) < 4.78 is 26.2. The van der Waals surface area contributed by atoms with Crippen molar-refractivity contribution in [3.05, 3.63) is 0 Å².